The highest BCUT2D eigenvalue weighted by molar-refractivity contribution is 7.07. The van der Waals surface area contributed by atoms with Crippen molar-refractivity contribution in [1.29, 1.82) is 0 Å². The second kappa shape index (κ2) is 15.6. The third kappa shape index (κ3) is 12.2. The predicted molar refractivity (Wildman–Crippen MR) is 99.7 cm³/mol. The molecule has 1 nitrogen and oxygen atoms in total. The molecule has 0 atom stereocenters. The zero-order valence-corrected chi connectivity index (χ0v) is 15.5. The van der Waals surface area contributed by atoms with Crippen LogP contribution >= 0.6 is 11.3 Å². The predicted octanol–water partition coefficient (Wildman–Crippen LogP) is 7.36. The molecule has 0 saturated carbocycles. The first-order valence-electron chi connectivity index (χ1n) is 9.52. The van der Waals surface area contributed by atoms with Crippen LogP contribution in [0.2, 0.25) is 0 Å². The smallest absolute Gasteiger partial charge is 0.0724 e. The molecule has 1 heterocycles. The van der Waals surface area contributed by atoms with E-state index in [1.165, 1.54) is 89.0 Å². The lowest BCUT2D eigenvalue weighted by Gasteiger charge is -2.04. The van der Waals surface area contributed by atoms with Gasteiger partial charge in [-0.25, -0.2) is 0 Å². The fraction of sp³-hybridized carbons (Fsp3) is 0.800. The molecule has 0 amide bonds. The minimum absolute atomic E-state index is 0.793. The highest BCUT2D eigenvalue weighted by atomic mass is 32.1. The van der Waals surface area contributed by atoms with Crippen LogP contribution in [0.1, 0.15) is 96.0 Å². The first-order valence-corrected chi connectivity index (χ1v) is 10.5. The summed E-state index contributed by atoms with van der Waals surface area (Å²) in [5.41, 5.74) is 1.32. The molecule has 0 aromatic carbocycles. The zero-order chi connectivity index (χ0) is 15.7. The van der Waals surface area contributed by atoms with Crippen LogP contribution in [0, 0.1) is 0 Å². The molecule has 1 rings (SSSR count). The van der Waals surface area contributed by atoms with E-state index in [9.17, 15) is 0 Å². The summed E-state index contributed by atoms with van der Waals surface area (Å²) in [5, 5.41) is 4.29. The van der Waals surface area contributed by atoms with Crippen molar-refractivity contribution >= 4 is 11.3 Å². The first-order chi connectivity index (χ1) is 10.9. The van der Waals surface area contributed by atoms with Crippen molar-refractivity contribution in [3.63, 3.8) is 0 Å². The van der Waals surface area contributed by atoms with Gasteiger partial charge in [0.05, 0.1) is 6.61 Å². The maximum Gasteiger partial charge on any atom is 0.0724 e. The van der Waals surface area contributed by atoms with Gasteiger partial charge in [0.15, 0.2) is 0 Å². The zero-order valence-electron chi connectivity index (χ0n) is 14.7. The number of unbranched alkanes of at least 4 members (excludes halogenated alkanes) is 12. The van der Waals surface area contributed by atoms with Gasteiger partial charge >= 0.3 is 0 Å². The highest BCUT2D eigenvalue weighted by Gasteiger charge is 1.95. The Kier molecular flexibility index (Phi) is 13.9. The van der Waals surface area contributed by atoms with Crippen LogP contribution in [0.5, 0.6) is 0 Å². The minimum Gasteiger partial charge on any atom is -0.377 e. The second-order valence-corrected chi connectivity index (χ2v) is 7.21. The SMILES string of the molecule is CCCCCCCCCCCCCCCOCc1ccsc1. The summed E-state index contributed by atoms with van der Waals surface area (Å²) in [4.78, 5) is 0. The largest absolute Gasteiger partial charge is 0.377 e. The van der Waals surface area contributed by atoms with Crippen LogP contribution in [-0.4, -0.2) is 6.61 Å². The Bertz CT molecular complexity index is 308. The van der Waals surface area contributed by atoms with E-state index in [1.807, 2.05) is 0 Å². The quantitative estimate of drug-likeness (QED) is 0.289. The minimum atomic E-state index is 0.793. The van der Waals surface area contributed by atoms with Gasteiger partial charge in [0.2, 0.25) is 0 Å². The van der Waals surface area contributed by atoms with Crippen molar-refractivity contribution < 1.29 is 4.74 Å². The van der Waals surface area contributed by atoms with Crippen LogP contribution in [0.3, 0.4) is 0 Å². The summed E-state index contributed by atoms with van der Waals surface area (Å²) < 4.78 is 5.68. The molecule has 1 aromatic rings. The normalized spacial score (nSPS) is 11.1. The molecule has 0 aliphatic carbocycles. The van der Waals surface area contributed by atoms with Gasteiger partial charge in [0, 0.05) is 6.61 Å². The fourth-order valence-corrected chi connectivity index (χ4v) is 3.44. The van der Waals surface area contributed by atoms with E-state index < -0.39 is 0 Å². The molecule has 0 bridgehead atoms. The molecule has 0 saturated heterocycles. The van der Waals surface area contributed by atoms with Gasteiger partial charge in [-0.05, 0) is 28.8 Å². The summed E-state index contributed by atoms with van der Waals surface area (Å²) in [5.74, 6) is 0. The van der Waals surface area contributed by atoms with Crippen LogP contribution < -0.4 is 0 Å². The van der Waals surface area contributed by atoms with Gasteiger partial charge in [-0.1, -0.05) is 84.0 Å². The molecule has 0 spiro atoms. The Morgan fingerprint density at radius 3 is 1.82 bits per heavy atom. The van der Waals surface area contributed by atoms with Crippen molar-refractivity contribution in [3.8, 4) is 0 Å². The number of thiophene rings is 1. The van der Waals surface area contributed by atoms with Crippen LogP contribution in [0.15, 0.2) is 16.8 Å². The van der Waals surface area contributed by atoms with E-state index in [1.54, 1.807) is 11.3 Å². The summed E-state index contributed by atoms with van der Waals surface area (Å²) in [7, 11) is 0. The summed E-state index contributed by atoms with van der Waals surface area (Å²) >= 11 is 1.75. The molecule has 0 fully saturated rings. The van der Waals surface area contributed by atoms with Crippen LogP contribution in [0.25, 0.3) is 0 Å². The van der Waals surface area contributed by atoms with Crippen LogP contribution in [-0.2, 0) is 11.3 Å². The van der Waals surface area contributed by atoms with E-state index in [2.05, 4.69) is 23.8 Å². The highest BCUT2D eigenvalue weighted by Crippen LogP contribution is 2.13. The Morgan fingerprint density at radius 1 is 0.773 bits per heavy atom. The van der Waals surface area contributed by atoms with E-state index >= 15 is 0 Å². The van der Waals surface area contributed by atoms with Crippen molar-refractivity contribution in [2.75, 3.05) is 6.61 Å². The Morgan fingerprint density at radius 2 is 1.32 bits per heavy atom. The van der Waals surface area contributed by atoms with Crippen molar-refractivity contribution in [2.45, 2.75) is 97.0 Å². The summed E-state index contributed by atoms with van der Waals surface area (Å²) in [6.07, 6.45) is 18.3. The molecular formula is C20H36OS. The number of hydrogen-bond donors (Lipinski definition) is 0. The monoisotopic (exact) mass is 324 g/mol. The Labute approximate surface area is 142 Å². The van der Waals surface area contributed by atoms with Crippen molar-refractivity contribution in [1.82, 2.24) is 0 Å². The Hall–Kier alpha value is -0.340. The van der Waals surface area contributed by atoms with Gasteiger partial charge in [0.1, 0.15) is 0 Å². The molecule has 128 valence electrons. The Balaban J connectivity index is 1.68. The summed E-state index contributed by atoms with van der Waals surface area (Å²) in [6.45, 7) is 4.01. The summed E-state index contributed by atoms with van der Waals surface area (Å²) in [6, 6.07) is 2.15. The van der Waals surface area contributed by atoms with E-state index in [4.69, 9.17) is 4.74 Å². The van der Waals surface area contributed by atoms with Gasteiger partial charge in [-0.15, -0.1) is 0 Å². The molecular weight excluding hydrogens is 288 g/mol. The van der Waals surface area contributed by atoms with E-state index in [0.717, 1.165) is 13.2 Å². The lowest BCUT2D eigenvalue weighted by Crippen LogP contribution is -1.94. The maximum absolute atomic E-state index is 5.68. The molecule has 0 aliphatic heterocycles. The topological polar surface area (TPSA) is 9.23 Å². The molecule has 2 heteroatoms. The average molecular weight is 325 g/mol. The molecule has 0 N–H and O–H groups in total. The van der Waals surface area contributed by atoms with Gasteiger partial charge in [0.25, 0.3) is 0 Å². The van der Waals surface area contributed by atoms with Crippen molar-refractivity contribution in [2.24, 2.45) is 0 Å². The van der Waals surface area contributed by atoms with Gasteiger partial charge in [-0.2, -0.15) is 11.3 Å². The third-order valence-electron chi connectivity index (χ3n) is 4.24. The number of hydrogen-bond acceptors (Lipinski definition) is 2. The first kappa shape index (κ1) is 19.7. The number of ether oxygens (including phenoxy) is 1. The van der Waals surface area contributed by atoms with Gasteiger partial charge in [-0.3, -0.25) is 0 Å². The lowest BCUT2D eigenvalue weighted by molar-refractivity contribution is 0.117. The fourth-order valence-electron chi connectivity index (χ4n) is 2.79. The third-order valence-corrected chi connectivity index (χ3v) is 4.97. The van der Waals surface area contributed by atoms with E-state index in [-0.39, 0.29) is 0 Å². The van der Waals surface area contributed by atoms with Gasteiger partial charge < -0.3 is 4.74 Å². The molecule has 0 aliphatic rings. The maximum atomic E-state index is 5.68. The van der Waals surface area contributed by atoms with Crippen molar-refractivity contribution in [3.05, 3.63) is 22.4 Å². The molecule has 0 unspecified atom stereocenters. The molecule has 22 heavy (non-hydrogen) atoms. The average Bonchev–Trinajstić information content (AvgIpc) is 3.04. The molecule has 0 radical (unpaired) electrons. The lowest BCUT2D eigenvalue weighted by atomic mass is 10.0. The van der Waals surface area contributed by atoms with E-state index in [0.29, 0.717) is 0 Å². The van der Waals surface area contributed by atoms with Crippen LogP contribution in [0.4, 0.5) is 0 Å². The molecule has 1 aromatic heterocycles. The standard InChI is InChI=1S/C20H36OS/c1-2-3-4-5-6-7-8-9-10-11-12-13-14-16-21-18-20-15-17-22-19-20/h15,17,19H,2-14,16,18H2,1H3. The second-order valence-electron chi connectivity index (χ2n) is 6.43. The number of rotatable bonds is 16.